The molecule has 0 saturated heterocycles. The molecule has 1 rings (SSSR count). The van der Waals surface area contributed by atoms with Crippen LogP contribution >= 0.6 is 0 Å². The fourth-order valence-electron chi connectivity index (χ4n) is 2.56. The number of carbonyl (C=O) groups excluding carboxylic acids is 2. The lowest BCUT2D eigenvalue weighted by molar-refractivity contribution is 0.0769. The van der Waals surface area contributed by atoms with Gasteiger partial charge in [0.2, 0.25) is 0 Å². The van der Waals surface area contributed by atoms with E-state index in [4.69, 9.17) is 4.74 Å². The smallest absolute Gasteiger partial charge is 0.409 e. The number of amides is 2. The van der Waals surface area contributed by atoms with Gasteiger partial charge in [0.25, 0.3) is 5.91 Å². The van der Waals surface area contributed by atoms with Crippen LogP contribution in [0.2, 0.25) is 0 Å². The third-order valence-corrected chi connectivity index (χ3v) is 3.91. The Morgan fingerprint density at radius 1 is 0.913 bits per heavy atom. The number of benzene rings is 1. The van der Waals surface area contributed by atoms with Gasteiger partial charge in [-0.25, -0.2) is 4.79 Å². The lowest BCUT2D eigenvalue weighted by atomic mass is 10.0. The molecule has 0 N–H and O–H groups in total. The van der Waals surface area contributed by atoms with Crippen LogP contribution in [-0.4, -0.2) is 48.0 Å². The summed E-state index contributed by atoms with van der Waals surface area (Å²) in [6.07, 6.45) is -0.421. The fraction of sp³-hybridized carbons (Fsp3) is 0.556. The zero-order valence-corrected chi connectivity index (χ0v) is 15.1. The van der Waals surface area contributed by atoms with Crippen LogP contribution < -0.4 is 4.74 Å². The average Bonchev–Trinajstić information content (AvgIpc) is 2.51. The van der Waals surface area contributed by atoms with Crippen LogP contribution in [0.1, 0.15) is 49.2 Å². The topological polar surface area (TPSA) is 49.9 Å². The molecule has 1 aromatic carbocycles. The van der Waals surface area contributed by atoms with Gasteiger partial charge in [-0.3, -0.25) is 4.79 Å². The van der Waals surface area contributed by atoms with E-state index in [1.807, 2.05) is 47.6 Å². The van der Waals surface area contributed by atoms with Crippen molar-refractivity contribution in [3.8, 4) is 5.75 Å². The average molecular weight is 320 g/mol. The first-order valence-electron chi connectivity index (χ1n) is 8.26. The molecule has 0 aliphatic carbocycles. The Morgan fingerprint density at radius 3 is 1.91 bits per heavy atom. The lowest BCUT2D eigenvalue weighted by Gasteiger charge is -2.23. The normalized spacial score (nSPS) is 10.3. The second-order valence-electron chi connectivity index (χ2n) is 5.48. The van der Waals surface area contributed by atoms with Crippen molar-refractivity contribution in [2.75, 3.05) is 26.2 Å². The lowest BCUT2D eigenvalue weighted by Crippen LogP contribution is -2.35. The van der Waals surface area contributed by atoms with Gasteiger partial charge in [0.1, 0.15) is 5.75 Å². The van der Waals surface area contributed by atoms with Crippen molar-refractivity contribution in [3.63, 3.8) is 0 Å². The maximum atomic E-state index is 12.7. The molecule has 5 heteroatoms. The van der Waals surface area contributed by atoms with Crippen LogP contribution in [0, 0.1) is 13.8 Å². The van der Waals surface area contributed by atoms with Crippen molar-refractivity contribution in [1.82, 2.24) is 9.80 Å². The zero-order valence-electron chi connectivity index (χ0n) is 15.1. The molecule has 0 bridgehead atoms. The summed E-state index contributed by atoms with van der Waals surface area (Å²) in [5, 5.41) is 0. The van der Waals surface area contributed by atoms with E-state index < -0.39 is 6.09 Å². The summed E-state index contributed by atoms with van der Waals surface area (Å²) in [7, 11) is 0. The van der Waals surface area contributed by atoms with Crippen molar-refractivity contribution >= 4 is 12.0 Å². The minimum atomic E-state index is -0.421. The van der Waals surface area contributed by atoms with Gasteiger partial charge in [-0.15, -0.1) is 0 Å². The van der Waals surface area contributed by atoms with Gasteiger partial charge in [0.05, 0.1) is 5.56 Å². The molecule has 23 heavy (non-hydrogen) atoms. The van der Waals surface area contributed by atoms with E-state index in [0.29, 0.717) is 37.5 Å². The summed E-state index contributed by atoms with van der Waals surface area (Å²) >= 11 is 0. The highest BCUT2D eigenvalue weighted by atomic mass is 16.6. The Morgan fingerprint density at radius 2 is 1.43 bits per heavy atom. The van der Waals surface area contributed by atoms with Crippen LogP contribution in [0.5, 0.6) is 5.75 Å². The molecule has 1 aromatic rings. The monoisotopic (exact) mass is 320 g/mol. The number of carbonyl (C=O) groups is 2. The number of aryl methyl sites for hydroxylation is 2. The fourth-order valence-corrected chi connectivity index (χ4v) is 2.56. The van der Waals surface area contributed by atoms with E-state index in [0.717, 1.165) is 11.1 Å². The Bertz CT molecular complexity index is 562. The van der Waals surface area contributed by atoms with Crippen molar-refractivity contribution in [1.29, 1.82) is 0 Å². The van der Waals surface area contributed by atoms with Crippen molar-refractivity contribution in [2.24, 2.45) is 0 Å². The first-order chi connectivity index (χ1) is 10.9. The molecular formula is C18H28N2O3. The Labute approximate surface area is 139 Å². The summed E-state index contributed by atoms with van der Waals surface area (Å²) in [6, 6.07) is 3.71. The summed E-state index contributed by atoms with van der Waals surface area (Å²) in [6.45, 7) is 13.8. The molecule has 0 aliphatic heterocycles. The van der Waals surface area contributed by atoms with E-state index in [9.17, 15) is 9.59 Å². The molecule has 0 fully saturated rings. The number of nitrogens with zero attached hydrogens (tertiary/aromatic N) is 2. The number of rotatable bonds is 6. The second-order valence-corrected chi connectivity index (χ2v) is 5.48. The number of ether oxygens (including phenoxy) is 1. The van der Waals surface area contributed by atoms with E-state index in [1.54, 1.807) is 15.9 Å². The zero-order chi connectivity index (χ0) is 17.6. The van der Waals surface area contributed by atoms with Gasteiger partial charge in [-0.2, -0.15) is 0 Å². The molecule has 2 amide bonds. The minimum Gasteiger partial charge on any atom is -0.409 e. The Hall–Kier alpha value is -2.04. The maximum absolute atomic E-state index is 12.7. The SMILES string of the molecule is CCN(CC)C(=O)Oc1c(C)cc(C)cc1C(=O)N(CC)CC. The van der Waals surface area contributed by atoms with Crippen LogP contribution in [0.3, 0.4) is 0 Å². The van der Waals surface area contributed by atoms with Crippen LogP contribution in [0.4, 0.5) is 4.79 Å². The Balaban J connectivity index is 3.26. The predicted octanol–water partition coefficient (Wildman–Crippen LogP) is 3.63. The van der Waals surface area contributed by atoms with E-state index in [-0.39, 0.29) is 5.91 Å². The molecule has 0 radical (unpaired) electrons. The minimum absolute atomic E-state index is 0.107. The quantitative estimate of drug-likeness (QED) is 0.804. The van der Waals surface area contributed by atoms with E-state index in [2.05, 4.69) is 0 Å². The van der Waals surface area contributed by atoms with Crippen molar-refractivity contribution < 1.29 is 14.3 Å². The van der Waals surface area contributed by atoms with Gasteiger partial charge in [-0.1, -0.05) is 6.07 Å². The van der Waals surface area contributed by atoms with Crippen molar-refractivity contribution in [3.05, 3.63) is 28.8 Å². The molecular weight excluding hydrogens is 292 g/mol. The first-order valence-corrected chi connectivity index (χ1v) is 8.26. The standard InChI is InChI=1S/C18H28N2O3/c1-7-19(8-2)17(21)15-12-13(5)11-14(6)16(15)23-18(22)20(9-3)10-4/h11-12H,7-10H2,1-6H3. The van der Waals surface area contributed by atoms with Gasteiger partial charge >= 0.3 is 6.09 Å². The number of hydrogen-bond acceptors (Lipinski definition) is 3. The highest BCUT2D eigenvalue weighted by Crippen LogP contribution is 2.27. The summed E-state index contributed by atoms with van der Waals surface area (Å²) in [5.74, 6) is 0.258. The van der Waals surface area contributed by atoms with Gasteiger partial charge < -0.3 is 14.5 Å². The molecule has 0 heterocycles. The third-order valence-electron chi connectivity index (χ3n) is 3.91. The first kappa shape index (κ1) is 19.0. The van der Waals surface area contributed by atoms with Crippen molar-refractivity contribution in [2.45, 2.75) is 41.5 Å². The van der Waals surface area contributed by atoms with Gasteiger partial charge in [0.15, 0.2) is 0 Å². The Kier molecular flexibility index (Phi) is 7.07. The van der Waals surface area contributed by atoms with Gasteiger partial charge in [0, 0.05) is 26.2 Å². The molecule has 0 atom stereocenters. The molecule has 5 nitrogen and oxygen atoms in total. The predicted molar refractivity (Wildman–Crippen MR) is 92.1 cm³/mol. The molecule has 0 aliphatic rings. The van der Waals surface area contributed by atoms with E-state index >= 15 is 0 Å². The highest BCUT2D eigenvalue weighted by molar-refractivity contribution is 5.98. The van der Waals surface area contributed by atoms with Crippen LogP contribution in [-0.2, 0) is 0 Å². The maximum Gasteiger partial charge on any atom is 0.415 e. The van der Waals surface area contributed by atoms with Gasteiger partial charge in [-0.05, 0) is 58.7 Å². The largest absolute Gasteiger partial charge is 0.415 e. The van der Waals surface area contributed by atoms with E-state index in [1.165, 1.54) is 0 Å². The summed E-state index contributed by atoms with van der Waals surface area (Å²) in [5.41, 5.74) is 2.22. The molecule has 0 spiro atoms. The third kappa shape index (κ3) is 4.47. The molecule has 0 aromatic heterocycles. The highest BCUT2D eigenvalue weighted by Gasteiger charge is 2.23. The summed E-state index contributed by atoms with van der Waals surface area (Å²) in [4.78, 5) is 28.3. The van der Waals surface area contributed by atoms with Crippen LogP contribution in [0.25, 0.3) is 0 Å². The summed E-state index contributed by atoms with van der Waals surface area (Å²) < 4.78 is 5.58. The number of hydrogen-bond donors (Lipinski definition) is 0. The molecule has 128 valence electrons. The van der Waals surface area contributed by atoms with Crippen LogP contribution in [0.15, 0.2) is 12.1 Å². The molecule has 0 saturated carbocycles. The second kappa shape index (κ2) is 8.56. The molecule has 0 unspecified atom stereocenters.